The molecule has 170 valence electrons. The standard InChI is InChI=1S/C21H26ClN7O2S/c1-32(31)17-16-3-8-25-29(16)20(26-19(17)27-21(13-30)6-2-7-21)28-9-4-14(5-10-28)18-23-11-15(22)12-24-18/h3,8,11-12,14,27,30H,2,4-7,9-10,13H2,1H3/t32-/m1/s1. The van der Waals surface area contributed by atoms with E-state index in [4.69, 9.17) is 16.6 Å². The monoisotopic (exact) mass is 475 g/mol. The molecule has 3 aromatic rings. The average molecular weight is 476 g/mol. The van der Waals surface area contributed by atoms with Crippen LogP contribution in [0.4, 0.5) is 11.8 Å². The summed E-state index contributed by atoms with van der Waals surface area (Å²) in [4.78, 5) is 16.5. The summed E-state index contributed by atoms with van der Waals surface area (Å²) in [6.07, 6.45) is 11.2. The van der Waals surface area contributed by atoms with Gasteiger partial charge < -0.3 is 15.3 Å². The van der Waals surface area contributed by atoms with Gasteiger partial charge in [-0.05, 0) is 38.2 Å². The average Bonchev–Trinajstić information content (AvgIpc) is 3.25. The molecule has 0 radical (unpaired) electrons. The highest BCUT2D eigenvalue weighted by Gasteiger charge is 2.38. The molecule has 3 aromatic heterocycles. The first kappa shape index (κ1) is 21.5. The Morgan fingerprint density at radius 1 is 1.28 bits per heavy atom. The van der Waals surface area contributed by atoms with Crippen LogP contribution in [0, 0.1) is 0 Å². The summed E-state index contributed by atoms with van der Waals surface area (Å²) in [6.45, 7) is 1.58. The number of aliphatic hydroxyl groups excluding tert-OH is 1. The second-order valence-electron chi connectivity index (χ2n) is 8.61. The van der Waals surface area contributed by atoms with Crippen molar-refractivity contribution in [2.24, 2.45) is 0 Å². The molecule has 5 rings (SSSR count). The van der Waals surface area contributed by atoms with E-state index in [-0.39, 0.29) is 12.5 Å². The van der Waals surface area contributed by atoms with E-state index in [1.54, 1.807) is 29.4 Å². The Bertz CT molecular complexity index is 1140. The van der Waals surface area contributed by atoms with Crippen LogP contribution in [0.3, 0.4) is 0 Å². The number of piperidine rings is 1. The van der Waals surface area contributed by atoms with E-state index in [2.05, 4.69) is 25.3 Å². The lowest BCUT2D eigenvalue weighted by Crippen LogP contribution is -2.49. The summed E-state index contributed by atoms with van der Waals surface area (Å²) < 4.78 is 14.4. The zero-order valence-electron chi connectivity index (χ0n) is 17.9. The lowest BCUT2D eigenvalue weighted by molar-refractivity contribution is 0.143. The van der Waals surface area contributed by atoms with Gasteiger partial charge >= 0.3 is 0 Å². The fourth-order valence-electron chi connectivity index (χ4n) is 4.58. The van der Waals surface area contributed by atoms with Crippen molar-refractivity contribution >= 4 is 39.7 Å². The Morgan fingerprint density at radius 3 is 2.59 bits per heavy atom. The number of halogens is 1. The summed E-state index contributed by atoms with van der Waals surface area (Å²) >= 11 is 5.92. The zero-order valence-corrected chi connectivity index (χ0v) is 19.4. The molecule has 2 fully saturated rings. The Morgan fingerprint density at radius 2 is 2.00 bits per heavy atom. The molecule has 1 aliphatic heterocycles. The fraction of sp³-hybridized carbons (Fsp3) is 0.524. The first-order valence-electron chi connectivity index (χ1n) is 10.8. The van der Waals surface area contributed by atoms with Crippen LogP contribution in [-0.4, -0.2) is 65.4 Å². The predicted molar refractivity (Wildman–Crippen MR) is 124 cm³/mol. The van der Waals surface area contributed by atoms with Crippen LogP contribution in [0.25, 0.3) is 5.52 Å². The van der Waals surface area contributed by atoms with Gasteiger partial charge in [-0.15, -0.1) is 0 Å². The molecule has 0 bridgehead atoms. The number of nitrogens with zero attached hydrogens (tertiary/aromatic N) is 6. The van der Waals surface area contributed by atoms with Crippen LogP contribution in [0.15, 0.2) is 29.6 Å². The molecule has 2 N–H and O–H groups in total. The van der Waals surface area contributed by atoms with E-state index >= 15 is 0 Å². The highest BCUT2D eigenvalue weighted by molar-refractivity contribution is 7.84. The van der Waals surface area contributed by atoms with Gasteiger partial charge in [-0.2, -0.15) is 14.6 Å². The minimum Gasteiger partial charge on any atom is -0.394 e. The number of nitrogens with one attached hydrogen (secondary N) is 1. The molecule has 1 atom stereocenters. The Hall–Kier alpha value is -2.30. The number of anilines is 2. The molecular formula is C21H26ClN7O2S. The van der Waals surface area contributed by atoms with Gasteiger partial charge in [0.2, 0.25) is 5.95 Å². The second-order valence-corrected chi connectivity index (χ2v) is 10.4. The largest absolute Gasteiger partial charge is 0.394 e. The van der Waals surface area contributed by atoms with Gasteiger partial charge in [-0.1, -0.05) is 11.6 Å². The van der Waals surface area contributed by atoms with E-state index in [0.29, 0.717) is 21.7 Å². The van der Waals surface area contributed by atoms with E-state index < -0.39 is 16.3 Å². The first-order valence-corrected chi connectivity index (χ1v) is 12.8. The maximum absolute atomic E-state index is 12.7. The van der Waals surface area contributed by atoms with E-state index in [1.165, 1.54) is 0 Å². The van der Waals surface area contributed by atoms with Crippen LogP contribution in [0.2, 0.25) is 5.02 Å². The number of fused-ring (bicyclic) bond motifs is 1. The third-order valence-corrected chi connectivity index (χ3v) is 7.73. The van der Waals surface area contributed by atoms with Crippen LogP contribution < -0.4 is 10.2 Å². The number of aromatic nitrogens is 5. The molecule has 4 heterocycles. The van der Waals surface area contributed by atoms with E-state index in [1.807, 2.05) is 6.07 Å². The molecule has 1 aliphatic carbocycles. The molecule has 1 saturated carbocycles. The normalized spacial score (nSPS) is 19.7. The fourth-order valence-corrected chi connectivity index (χ4v) is 5.49. The molecule has 0 aromatic carbocycles. The number of aliphatic hydroxyl groups is 1. The van der Waals surface area contributed by atoms with Crippen molar-refractivity contribution in [2.45, 2.75) is 48.5 Å². The molecule has 1 saturated heterocycles. The molecule has 11 heteroatoms. The summed E-state index contributed by atoms with van der Waals surface area (Å²) in [7, 11) is -1.27. The Kier molecular flexibility index (Phi) is 5.77. The van der Waals surface area contributed by atoms with Gasteiger partial charge in [-0.3, -0.25) is 4.21 Å². The molecule has 32 heavy (non-hydrogen) atoms. The minimum absolute atomic E-state index is 0.0245. The SMILES string of the molecule is C[S@@](=O)c1c(NC2(CO)CCC2)nc(N2CCC(c3ncc(Cl)cn3)CC2)n2nccc12. The third-order valence-electron chi connectivity index (χ3n) is 6.56. The summed E-state index contributed by atoms with van der Waals surface area (Å²) in [6, 6.07) is 1.87. The lowest BCUT2D eigenvalue weighted by atomic mass is 9.77. The van der Waals surface area contributed by atoms with Crippen molar-refractivity contribution in [3.05, 3.63) is 35.5 Å². The van der Waals surface area contributed by atoms with Crippen molar-refractivity contribution in [1.82, 2.24) is 24.6 Å². The maximum atomic E-state index is 12.7. The van der Waals surface area contributed by atoms with Gasteiger partial charge in [0, 0.05) is 37.7 Å². The van der Waals surface area contributed by atoms with Crippen molar-refractivity contribution in [2.75, 3.05) is 36.2 Å². The highest BCUT2D eigenvalue weighted by Crippen LogP contribution is 2.38. The van der Waals surface area contributed by atoms with Gasteiger partial charge in [0.05, 0.1) is 39.7 Å². The quantitative estimate of drug-likeness (QED) is 0.560. The van der Waals surface area contributed by atoms with E-state index in [9.17, 15) is 9.32 Å². The molecule has 0 amide bonds. The highest BCUT2D eigenvalue weighted by atomic mass is 35.5. The van der Waals surface area contributed by atoms with Crippen molar-refractivity contribution in [3.8, 4) is 0 Å². The summed E-state index contributed by atoms with van der Waals surface area (Å²) in [5.41, 5.74) is 0.379. The van der Waals surface area contributed by atoms with E-state index in [0.717, 1.165) is 56.5 Å². The summed E-state index contributed by atoms with van der Waals surface area (Å²) in [5.74, 6) is 2.37. The molecule has 2 aliphatic rings. The second kappa shape index (κ2) is 8.57. The van der Waals surface area contributed by atoms with Gasteiger partial charge in [-0.25, -0.2) is 9.97 Å². The third kappa shape index (κ3) is 3.84. The predicted octanol–water partition coefficient (Wildman–Crippen LogP) is 2.62. The minimum atomic E-state index is -1.27. The number of hydrogen-bond donors (Lipinski definition) is 2. The lowest BCUT2D eigenvalue weighted by Gasteiger charge is -2.42. The Balaban J connectivity index is 1.46. The Labute approximate surface area is 193 Å². The van der Waals surface area contributed by atoms with Crippen molar-refractivity contribution in [1.29, 1.82) is 0 Å². The molecular weight excluding hydrogens is 450 g/mol. The maximum Gasteiger partial charge on any atom is 0.229 e. The molecule has 9 nitrogen and oxygen atoms in total. The molecule has 0 unspecified atom stereocenters. The smallest absolute Gasteiger partial charge is 0.229 e. The van der Waals surface area contributed by atoms with Crippen LogP contribution >= 0.6 is 11.6 Å². The number of hydrogen-bond acceptors (Lipinski definition) is 8. The van der Waals surface area contributed by atoms with Crippen LogP contribution in [0.1, 0.15) is 43.8 Å². The van der Waals surface area contributed by atoms with Gasteiger partial charge in [0.1, 0.15) is 16.5 Å². The van der Waals surface area contributed by atoms with Crippen LogP contribution in [0.5, 0.6) is 0 Å². The first-order chi connectivity index (χ1) is 15.5. The van der Waals surface area contributed by atoms with Crippen molar-refractivity contribution < 1.29 is 9.32 Å². The van der Waals surface area contributed by atoms with Crippen LogP contribution in [-0.2, 0) is 10.8 Å². The van der Waals surface area contributed by atoms with Gasteiger partial charge in [0.25, 0.3) is 0 Å². The topological polar surface area (TPSA) is 109 Å². The van der Waals surface area contributed by atoms with Gasteiger partial charge in [0.15, 0.2) is 0 Å². The van der Waals surface area contributed by atoms with Crippen molar-refractivity contribution in [3.63, 3.8) is 0 Å². The zero-order chi connectivity index (χ0) is 22.3. The molecule has 0 spiro atoms. The number of rotatable bonds is 6. The summed E-state index contributed by atoms with van der Waals surface area (Å²) in [5, 5.41) is 18.4.